The SMILES string of the molecule is C=Cc1cccc(C(C)CF)c1. The molecule has 0 heterocycles. The highest BCUT2D eigenvalue weighted by Crippen LogP contribution is 2.17. The second kappa shape index (κ2) is 4.05. The topological polar surface area (TPSA) is 0 Å². The molecule has 0 nitrogen and oxygen atoms in total. The highest BCUT2D eigenvalue weighted by molar-refractivity contribution is 5.48. The molecule has 1 heteroatoms. The Morgan fingerprint density at radius 1 is 1.58 bits per heavy atom. The minimum Gasteiger partial charge on any atom is -0.250 e. The van der Waals surface area contributed by atoms with Gasteiger partial charge in [-0.25, -0.2) is 0 Å². The van der Waals surface area contributed by atoms with Crippen LogP contribution in [-0.2, 0) is 0 Å². The first-order chi connectivity index (χ1) is 5.77. The van der Waals surface area contributed by atoms with Crippen molar-refractivity contribution in [2.45, 2.75) is 12.8 Å². The molecule has 0 aromatic heterocycles. The molecule has 0 aliphatic heterocycles. The third kappa shape index (κ3) is 1.94. The molecule has 12 heavy (non-hydrogen) atoms. The second-order valence-corrected chi connectivity index (χ2v) is 2.93. The van der Waals surface area contributed by atoms with Crippen molar-refractivity contribution in [2.24, 2.45) is 0 Å². The van der Waals surface area contributed by atoms with E-state index >= 15 is 0 Å². The smallest absolute Gasteiger partial charge is 0.0960 e. The third-order valence-electron chi connectivity index (χ3n) is 1.95. The van der Waals surface area contributed by atoms with Gasteiger partial charge in [0.2, 0.25) is 0 Å². The molecule has 1 aromatic carbocycles. The molecule has 0 saturated carbocycles. The van der Waals surface area contributed by atoms with Crippen molar-refractivity contribution in [2.75, 3.05) is 6.67 Å². The summed E-state index contributed by atoms with van der Waals surface area (Å²) in [4.78, 5) is 0. The van der Waals surface area contributed by atoms with Crippen LogP contribution >= 0.6 is 0 Å². The van der Waals surface area contributed by atoms with Crippen molar-refractivity contribution < 1.29 is 4.39 Å². The fourth-order valence-corrected chi connectivity index (χ4v) is 1.08. The molecule has 64 valence electrons. The molecule has 0 spiro atoms. The summed E-state index contributed by atoms with van der Waals surface area (Å²) in [7, 11) is 0. The Bertz CT molecular complexity index is 265. The molecule has 0 fully saturated rings. The summed E-state index contributed by atoms with van der Waals surface area (Å²) in [5, 5.41) is 0. The zero-order valence-corrected chi connectivity index (χ0v) is 7.26. The Morgan fingerprint density at radius 3 is 2.92 bits per heavy atom. The number of rotatable bonds is 3. The van der Waals surface area contributed by atoms with Gasteiger partial charge in [0, 0.05) is 5.92 Å². The minimum absolute atomic E-state index is 0.00935. The van der Waals surface area contributed by atoms with Crippen LogP contribution in [0.25, 0.3) is 6.08 Å². The molecule has 1 unspecified atom stereocenters. The van der Waals surface area contributed by atoms with Crippen LogP contribution in [-0.4, -0.2) is 6.67 Å². The average molecular weight is 164 g/mol. The molecule has 1 rings (SSSR count). The van der Waals surface area contributed by atoms with Gasteiger partial charge in [-0.1, -0.05) is 43.8 Å². The monoisotopic (exact) mass is 164 g/mol. The summed E-state index contributed by atoms with van der Waals surface area (Å²) >= 11 is 0. The van der Waals surface area contributed by atoms with E-state index < -0.39 is 0 Å². The van der Waals surface area contributed by atoms with Gasteiger partial charge in [0.05, 0.1) is 6.67 Å². The van der Waals surface area contributed by atoms with Crippen LogP contribution in [0.1, 0.15) is 24.0 Å². The van der Waals surface area contributed by atoms with Crippen molar-refractivity contribution in [1.82, 2.24) is 0 Å². The van der Waals surface area contributed by atoms with Gasteiger partial charge in [0.25, 0.3) is 0 Å². The summed E-state index contributed by atoms with van der Waals surface area (Å²) in [6.45, 7) is 5.24. The average Bonchev–Trinajstić information content (AvgIpc) is 2.17. The van der Waals surface area contributed by atoms with Crippen LogP contribution < -0.4 is 0 Å². The molecule has 0 N–H and O–H groups in total. The molecule has 0 bridgehead atoms. The summed E-state index contributed by atoms with van der Waals surface area (Å²) in [6.07, 6.45) is 1.77. The van der Waals surface area contributed by atoms with Gasteiger partial charge in [-0.3, -0.25) is 4.39 Å². The number of halogens is 1. The molecule has 1 atom stereocenters. The van der Waals surface area contributed by atoms with Crippen molar-refractivity contribution in [3.8, 4) is 0 Å². The van der Waals surface area contributed by atoms with E-state index in [2.05, 4.69) is 6.58 Å². The number of alkyl halides is 1. The lowest BCUT2D eigenvalue weighted by molar-refractivity contribution is 0.447. The fraction of sp³-hybridized carbons (Fsp3) is 0.273. The van der Waals surface area contributed by atoms with Crippen LogP contribution in [0.5, 0.6) is 0 Å². The van der Waals surface area contributed by atoms with Gasteiger partial charge in [-0.15, -0.1) is 0 Å². The number of hydrogen-bond donors (Lipinski definition) is 0. The first kappa shape index (κ1) is 8.98. The molecule has 0 radical (unpaired) electrons. The zero-order chi connectivity index (χ0) is 8.97. The minimum atomic E-state index is -0.305. The molecular formula is C11H13F. The first-order valence-electron chi connectivity index (χ1n) is 4.06. The maximum Gasteiger partial charge on any atom is 0.0960 e. The van der Waals surface area contributed by atoms with Crippen LogP contribution in [0, 0.1) is 0 Å². The van der Waals surface area contributed by atoms with E-state index in [-0.39, 0.29) is 12.6 Å². The van der Waals surface area contributed by atoms with Gasteiger partial charge in [0.1, 0.15) is 0 Å². The van der Waals surface area contributed by atoms with E-state index in [4.69, 9.17) is 0 Å². The normalized spacial score (nSPS) is 12.5. The van der Waals surface area contributed by atoms with Gasteiger partial charge < -0.3 is 0 Å². The molecular weight excluding hydrogens is 151 g/mol. The zero-order valence-electron chi connectivity index (χ0n) is 7.26. The van der Waals surface area contributed by atoms with Crippen LogP contribution in [0.4, 0.5) is 4.39 Å². The van der Waals surface area contributed by atoms with Crippen LogP contribution in [0.3, 0.4) is 0 Å². The van der Waals surface area contributed by atoms with E-state index in [0.29, 0.717) is 0 Å². The predicted molar refractivity (Wildman–Crippen MR) is 50.9 cm³/mol. The Kier molecular flexibility index (Phi) is 3.03. The third-order valence-corrected chi connectivity index (χ3v) is 1.95. The highest BCUT2D eigenvalue weighted by atomic mass is 19.1. The molecule has 0 saturated heterocycles. The summed E-state index contributed by atoms with van der Waals surface area (Å²) in [5.74, 6) is -0.00935. The maximum atomic E-state index is 12.3. The van der Waals surface area contributed by atoms with Crippen molar-refractivity contribution in [1.29, 1.82) is 0 Å². The van der Waals surface area contributed by atoms with E-state index in [1.807, 2.05) is 31.2 Å². The standard InChI is InChI=1S/C11H13F/c1-3-10-5-4-6-11(7-10)9(2)8-12/h3-7,9H,1,8H2,2H3. The van der Waals surface area contributed by atoms with Gasteiger partial charge in [0.15, 0.2) is 0 Å². The van der Waals surface area contributed by atoms with Crippen molar-refractivity contribution in [3.05, 3.63) is 42.0 Å². The summed E-state index contributed by atoms with van der Waals surface area (Å²) in [5.41, 5.74) is 2.09. The maximum absolute atomic E-state index is 12.3. The van der Waals surface area contributed by atoms with Gasteiger partial charge in [-0.05, 0) is 11.1 Å². The molecule has 0 amide bonds. The number of hydrogen-bond acceptors (Lipinski definition) is 0. The summed E-state index contributed by atoms with van der Waals surface area (Å²) < 4.78 is 12.3. The van der Waals surface area contributed by atoms with Crippen molar-refractivity contribution in [3.63, 3.8) is 0 Å². The Morgan fingerprint density at radius 2 is 2.33 bits per heavy atom. The largest absolute Gasteiger partial charge is 0.250 e. The quantitative estimate of drug-likeness (QED) is 0.642. The molecule has 1 aromatic rings. The lowest BCUT2D eigenvalue weighted by atomic mass is 10.0. The summed E-state index contributed by atoms with van der Waals surface area (Å²) in [6, 6.07) is 7.80. The lowest BCUT2D eigenvalue weighted by Crippen LogP contribution is -1.94. The van der Waals surface area contributed by atoms with Crippen molar-refractivity contribution >= 4 is 6.08 Å². The van der Waals surface area contributed by atoms with Gasteiger partial charge >= 0.3 is 0 Å². The predicted octanol–water partition coefficient (Wildman–Crippen LogP) is 3.40. The van der Waals surface area contributed by atoms with Crippen LogP contribution in [0.15, 0.2) is 30.8 Å². The van der Waals surface area contributed by atoms with E-state index in [1.54, 1.807) is 6.08 Å². The van der Waals surface area contributed by atoms with Gasteiger partial charge in [-0.2, -0.15) is 0 Å². The second-order valence-electron chi connectivity index (χ2n) is 2.93. The Hall–Kier alpha value is -1.11. The Labute approximate surface area is 72.7 Å². The molecule has 0 aliphatic carbocycles. The van der Waals surface area contributed by atoms with E-state index in [0.717, 1.165) is 11.1 Å². The number of benzene rings is 1. The highest BCUT2D eigenvalue weighted by Gasteiger charge is 2.03. The Balaban J connectivity index is 2.93. The first-order valence-corrected chi connectivity index (χ1v) is 4.06. The van der Waals surface area contributed by atoms with E-state index in [9.17, 15) is 4.39 Å². The fourth-order valence-electron chi connectivity index (χ4n) is 1.08. The lowest BCUT2D eigenvalue weighted by Gasteiger charge is -2.07. The van der Waals surface area contributed by atoms with Crippen LogP contribution in [0.2, 0.25) is 0 Å². The van der Waals surface area contributed by atoms with E-state index in [1.165, 1.54) is 0 Å². The molecule has 0 aliphatic rings.